The van der Waals surface area contributed by atoms with Gasteiger partial charge < -0.3 is 14.0 Å². The van der Waals surface area contributed by atoms with E-state index in [4.69, 9.17) is 14.9 Å². The summed E-state index contributed by atoms with van der Waals surface area (Å²) in [6.45, 7) is 11.5. The molecule has 0 atom stereocenters. The number of benzene rings is 4. The van der Waals surface area contributed by atoms with Crippen molar-refractivity contribution in [3.63, 3.8) is 0 Å². The molecule has 1 radical (unpaired) electrons. The van der Waals surface area contributed by atoms with Gasteiger partial charge in [-0.1, -0.05) is 113 Å². The summed E-state index contributed by atoms with van der Waals surface area (Å²) < 4.78 is 38.3. The van der Waals surface area contributed by atoms with Crippen molar-refractivity contribution in [1.82, 2.24) is 14.5 Å². The first kappa shape index (κ1) is 29.8. The Morgan fingerprint density at radius 1 is 0.854 bits per heavy atom. The molecule has 0 spiro atoms. The summed E-state index contributed by atoms with van der Waals surface area (Å²) >= 11 is 0. The van der Waals surface area contributed by atoms with Gasteiger partial charge in [-0.05, 0) is 64.7 Å². The first-order valence-corrected chi connectivity index (χ1v) is 16.2. The number of hydrogen-bond acceptors (Lipinski definition) is 3. The standard InChI is InChI=1S/C31H33N2O.C12H10N.Ir/c1-19(2)22-14-15-25-27(18-34-30(25)16-22)31-32-28-12-7-8-13-29(28)33(31)17-26-23(20(3)4)10-9-11-24(26)21(5)6;1-10-7-8-12(13-9-10)11-5-3-2-4-6-11;/h7-16,19-21H,17H2,1-6H3;2-5,7-9H,1H3;/q2*-1;/i19D;1D3;. The van der Waals surface area contributed by atoms with Crippen LogP contribution in [0.15, 0.2) is 108 Å². The smallest absolute Gasteiger partial charge is 0.0770 e. The average molecular weight is 814 g/mol. The van der Waals surface area contributed by atoms with Crippen molar-refractivity contribution in [2.75, 3.05) is 0 Å². The predicted molar refractivity (Wildman–Crippen MR) is 195 cm³/mol. The third-order valence-electron chi connectivity index (χ3n) is 8.53. The fourth-order valence-electron chi connectivity index (χ4n) is 6.03. The Hall–Kier alpha value is -4.31. The Morgan fingerprint density at radius 3 is 2.25 bits per heavy atom. The number of imidazole rings is 1. The van der Waals surface area contributed by atoms with E-state index in [9.17, 15) is 0 Å². The molecule has 5 heteroatoms. The molecule has 4 aromatic carbocycles. The van der Waals surface area contributed by atoms with Gasteiger partial charge in [-0.15, -0.1) is 42.0 Å². The number of rotatable bonds is 7. The molecule has 3 aromatic heterocycles. The Balaban J connectivity index is 0.000000258. The first-order valence-electron chi connectivity index (χ1n) is 18.2. The molecule has 0 N–H and O–H groups in total. The third-order valence-corrected chi connectivity index (χ3v) is 8.53. The number of hydrogen-bond donors (Lipinski definition) is 0. The second kappa shape index (κ2) is 15.3. The molecular weight excluding hydrogens is 767 g/mol. The van der Waals surface area contributed by atoms with E-state index in [1.54, 1.807) is 18.2 Å². The molecule has 0 saturated carbocycles. The van der Waals surface area contributed by atoms with E-state index in [-0.39, 0.29) is 25.7 Å². The topological polar surface area (TPSA) is 43.9 Å². The fraction of sp³-hybridized carbons (Fsp3) is 0.256. The summed E-state index contributed by atoms with van der Waals surface area (Å²) in [4.78, 5) is 9.18. The van der Waals surface area contributed by atoms with Gasteiger partial charge in [0.15, 0.2) is 0 Å². The zero-order valence-corrected chi connectivity index (χ0v) is 30.7. The maximum atomic E-state index is 8.39. The molecule has 0 amide bonds. The molecule has 247 valence electrons. The van der Waals surface area contributed by atoms with Crippen LogP contribution >= 0.6 is 0 Å². The minimum atomic E-state index is -2.09. The number of aryl methyl sites for hydroxylation is 1. The van der Waals surface area contributed by atoms with Crippen LogP contribution in [0, 0.1) is 19.2 Å². The molecule has 0 bridgehead atoms. The summed E-state index contributed by atoms with van der Waals surface area (Å²) in [7, 11) is 0. The van der Waals surface area contributed by atoms with Crippen LogP contribution in [0.5, 0.6) is 0 Å². The normalized spacial score (nSPS) is 13.0. The summed E-state index contributed by atoms with van der Waals surface area (Å²) in [5.41, 5.74) is 10.5. The Kier molecular flexibility index (Phi) is 9.48. The molecule has 0 aliphatic carbocycles. The number of furan rings is 1. The van der Waals surface area contributed by atoms with Crippen molar-refractivity contribution < 1.29 is 30.0 Å². The van der Waals surface area contributed by atoms with Crippen LogP contribution in [0.2, 0.25) is 0 Å². The van der Waals surface area contributed by atoms with Gasteiger partial charge in [-0.25, -0.2) is 0 Å². The summed E-state index contributed by atoms with van der Waals surface area (Å²) in [6, 6.07) is 34.8. The van der Waals surface area contributed by atoms with Crippen molar-refractivity contribution in [3.05, 3.63) is 143 Å². The van der Waals surface area contributed by atoms with E-state index >= 15 is 0 Å². The number of fused-ring (bicyclic) bond motifs is 2. The van der Waals surface area contributed by atoms with Gasteiger partial charge in [0.1, 0.15) is 0 Å². The van der Waals surface area contributed by atoms with Crippen LogP contribution in [0.25, 0.3) is 44.6 Å². The van der Waals surface area contributed by atoms with Gasteiger partial charge in [0.05, 0.1) is 16.9 Å². The van der Waals surface area contributed by atoms with E-state index in [2.05, 4.69) is 86.0 Å². The Labute approximate surface area is 304 Å². The van der Waals surface area contributed by atoms with Crippen molar-refractivity contribution in [1.29, 1.82) is 0 Å². The van der Waals surface area contributed by atoms with Crippen LogP contribution in [-0.2, 0) is 26.7 Å². The molecule has 0 unspecified atom stereocenters. The zero-order valence-electron chi connectivity index (χ0n) is 32.3. The predicted octanol–water partition coefficient (Wildman–Crippen LogP) is 11.5. The van der Waals surface area contributed by atoms with E-state index in [1.807, 2.05) is 56.3 Å². The van der Waals surface area contributed by atoms with Crippen molar-refractivity contribution in [2.45, 2.75) is 72.7 Å². The van der Waals surface area contributed by atoms with E-state index in [1.165, 1.54) is 22.9 Å². The Bertz CT molecular complexity index is 2240. The average Bonchev–Trinajstić information content (AvgIpc) is 3.69. The molecular formula is C43H43IrN3O-2. The maximum absolute atomic E-state index is 8.39. The minimum absolute atomic E-state index is 0. The van der Waals surface area contributed by atoms with Gasteiger partial charge in [0, 0.05) is 50.2 Å². The first-order chi connectivity index (χ1) is 24.2. The SMILES string of the molecule is [2H]C(C)(C)c1ccc2c(-c3nc4ccccc4n3Cc3c(C(C)C)cccc3C(C)C)[c-]oc2c1.[2H]C([2H])([2H])c1ccc(-c2[c-]cccc2)nc1.[Ir]. The number of para-hydroxylation sites is 2. The molecule has 48 heavy (non-hydrogen) atoms. The van der Waals surface area contributed by atoms with E-state index < -0.39 is 12.7 Å². The van der Waals surface area contributed by atoms with E-state index in [0.717, 1.165) is 56.8 Å². The van der Waals surface area contributed by atoms with Crippen molar-refractivity contribution >= 4 is 22.0 Å². The van der Waals surface area contributed by atoms with E-state index in [0.29, 0.717) is 11.8 Å². The second-order valence-corrected chi connectivity index (χ2v) is 12.7. The molecule has 0 aliphatic heterocycles. The van der Waals surface area contributed by atoms with Gasteiger partial charge >= 0.3 is 0 Å². The molecule has 7 rings (SSSR count). The molecule has 7 aromatic rings. The van der Waals surface area contributed by atoms with Gasteiger partial charge in [-0.3, -0.25) is 4.98 Å². The Morgan fingerprint density at radius 2 is 1.60 bits per heavy atom. The van der Waals surface area contributed by atoms with Gasteiger partial charge in [-0.2, -0.15) is 0 Å². The van der Waals surface area contributed by atoms with Crippen LogP contribution in [0.3, 0.4) is 0 Å². The molecule has 0 saturated heterocycles. The largest absolute Gasteiger partial charge is 0.557 e. The van der Waals surface area contributed by atoms with Crippen molar-refractivity contribution in [3.8, 4) is 22.6 Å². The molecule has 3 heterocycles. The zero-order chi connectivity index (χ0) is 36.5. The summed E-state index contributed by atoms with van der Waals surface area (Å²) in [6.07, 6.45) is 4.54. The quantitative estimate of drug-likeness (QED) is 0.151. The van der Waals surface area contributed by atoms with Gasteiger partial charge in [0.2, 0.25) is 0 Å². The van der Waals surface area contributed by atoms with Crippen LogP contribution in [0.4, 0.5) is 0 Å². The fourth-order valence-corrected chi connectivity index (χ4v) is 6.03. The summed E-state index contributed by atoms with van der Waals surface area (Å²) in [5, 5.41) is 0.968. The van der Waals surface area contributed by atoms with Gasteiger partial charge in [0.25, 0.3) is 0 Å². The number of aromatic nitrogens is 3. The number of pyridine rings is 1. The van der Waals surface area contributed by atoms with Crippen LogP contribution in [0.1, 0.15) is 92.6 Å². The monoisotopic (exact) mass is 814 g/mol. The van der Waals surface area contributed by atoms with Crippen LogP contribution < -0.4 is 0 Å². The molecule has 4 nitrogen and oxygen atoms in total. The number of nitrogens with zero attached hydrogens (tertiary/aromatic N) is 3. The minimum Gasteiger partial charge on any atom is -0.557 e. The van der Waals surface area contributed by atoms with Crippen LogP contribution in [-0.4, -0.2) is 14.5 Å². The summed E-state index contributed by atoms with van der Waals surface area (Å²) in [5.74, 6) is 1.02. The van der Waals surface area contributed by atoms with Crippen molar-refractivity contribution in [2.24, 2.45) is 0 Å². The second-order valence-electron chi connectivity index (χ2n) is 12.7. The molecule has 0 aliphatic rings. The maximum Gasteiger partial charge on any atom is 0.0770 e. The third kappa shape index (κ3) is 7.38. The molecule has 0 fully saturated rings.